The summed E-state index contributed by atoms with van der Waals surface area (Å²) in [4.78, 5) is 4.22. The highest BCUT2D eigenvalue weighted by molar-refractivity contribution is 9.10. The molecule has 1 aromatic heterocycles. The Morgan fingerprint density at radius 1 is 1.23 bits per heavy atom. The van der Waals surface area contributed by atoms with Gasteiger partial charge in [0, 0.05) is 4.47 Å². The summed E-state index contributed by atoms with van der Waals surface area (Å²) >= 11 is 3.35. The van der Waals surface area contributed by atoms with E-state index in [0.29, 0.717) is 12.4 Å². The molecule has 66 valence electrons. The lowest BCUT2D eigenvalue weighted by molar-refractivity contribution is 0.859. The third-order valence-corrected chi connectivity index (χ3v) is 2.14. The predicted molar refractivity (Wildman–Crippen MR) is 52.9 cm³/mol. The number of nitrogens with zero attached hydrogens (tertiary/aromatic N) is 3. The topological polar surface area (TPSA) is 64.7 Å². The Balaban J connectivity index is 2.66. The molecule has 0 saturated heterocycles. The van der Waals surface area contributed by atoms with Crippen molar-refractivity contribution < 1.29 is 0 Å². The molecular formula is C8H7BrN4. The molecule has 0 aliphatic rings. The third-order valence-electron chi connectivity index (χ3n) is 1.64. The molecule has 0 fully saturated rings. The van der Waals surface area contributed by atoms with Gasteiger partial charge in [0.05, 0.1) is 12.1 Å². The van der Waals surface area contributed by atoms with Crippen molar-refractivity contribution in [3.05, 3.63) is 28.5 Å². The summed E-state index contributed by atoms with van der Waals surface area (Å²) in [6.45, 7) is 0.318. The molecule has 5 heteroatoms. The second-order valence-electron chi connectivity index (χ2n) is 2.57. The number of rotatable bonds is 1. The monoisotopic (exact) mass is 238 g/mol. The summed E-state index contributed by atoms with van der Waals surface area (Å²) in [7, 11) is 0. The van der Waals surface area contributed by atoms with E-state index >= 15 is 0 Å². The molecule has 0 unspecified atom stereocenters. The van der Waals surface area contributed by atoms with E-state index in [1.807, 2.05) is 18.2 Å². The Bertz CT molecular complexity index is 443. The maximum absolute atomic E-state index is 5.40. The van der Waals surface area contributed by atoms with Crippen LogP contribution in [0, 0.1) is 0 Å². The summed E-state index contributed by atoms with van der Waals surface area (Å²) < 4.78 is 0.969. The van der Waals surface area contributed by atoms with Crippen molar-refractivity contribution in [2.24, 2.45) is 5.73 Å². The molecule has 4 nitrogen and oxygen atoms in total. The third kappa shape index (κ3) is 1.66. The molecule has 0 amide bonds. The van der Waals surface area contributed by atoms with E-state index in [4.69, 9.17) is 5.73 Å². The maximum Gasteiger partial charge on any atom is 0.165 e. The highest BCUT2D eigenvalue weighted by Gasteiger charge is 1.99. The largest absolute Gasteiger partial charge is 0.324 e. The van der Waals surface area contributed by atoms with Crippen molar-refractivity contribution in [2.45, 2.75) is 6.54 Å². The Morgan fingerprint density at radius 2 is 2.08 bits per heavy atom. The fourth-order valence-electron chi connectivity index (χ4n) is 1.03. The summed E-state index contributed by atoms with van der Waals surface area (Å²) in [5.41, 5.74) is 6.98. The molecular weight excluding hydrogens is 232 g/mol. The lowest BCUT2D eigenvalue weighted by atomic mass is 10.3. The van der Waals surface area contributed by atoms with Crippen LogP contribution in [0.1, 0.15) is 5.82 Å². The van der Waals surface area contributed by atoms with Gasteiger partial charge < -0.3 is 5.73 Å². The SMILES string of the molecule is NCc1nnc2cc(Br)ccc2n1. The Labute approximate surface area is 83.3 Å². The highest BCUT2D eigenvalue weighted by Crippen LogP contribution is 2.15. The van der Waals surface area contributed by atoms with E-state index in [-0.39, 0.29) is 0 Å². The molecule has 2 aromatic rings. The van der Waals surface area contributed by atoms with E-state index in [1.54, 1.807) is 0 Å². The number of hydrogen-bond donors (Lipinski definition) is 1. The summed E-state index contributed by atoms with van der Waals surface area (Å²) in [6.07, 6.45) is 0. The van der Waals surface area contributed by atoms with Crippen molar-refractivity contribution >= 4 is 27.0 Å². The van der Waals surface area contributed by atoms with Crippen LogP contribution in [0.2, 0.25) is 0 Å². The molecule has 0 radical (unpaired) electrons. The number of fused-ring (bicyclic) bond motifs is 1. The zero-order chi connectivity index (χ0) is 9.26. The fourth-order valence-corrected chi connectivity index (χ4v) is 1.38. The van der Waals surface area contributed by atoms with Crippen molar-refractivity contribution in [1.29, 1.82) is 0 Å². The number of nitrogens with two attached hydrogens (primary N) is 1. The van der Waals surface area contributed by atoms with Crippen molar-refractivity contribution in [1.82, 2.24) is 15.2 Å². The minimum Gasteiger partial charge on any atom is -0.324 e. The zero-order valence-corrected chi connectivity index (χ0v) is 8.32. The number of benzene rings is 1. The van der Waals surface area contributed by atoms with E-state index in [1.165, 1.54) is 0 Å². The van der Waals surface area contributed by atoms with E-state index in [9.17, 15) is 0 Å². The predicted octanol–water partition coefficient (Wildman–Crippen LogP) is 1.25. The summed E-state index contributed by atoms with van der Waals surface area (Å²) in [5, 5.41) is 7.85. The van der Waals surface area contributed by atoms with Crippen LogP contribution >= 0.6 is 15.9 Å². The number of hydrogen-bond acceptors (Lipinski definition) is 4. The first-order valence-electron chi connectivity index (χ1n) is 3.78. The average Bonchev–Trinajstić information content (AvgIpc) is 2.17. The van der Waals surface area contributed by atoms with Gasteiger partial charge in [0.25, 0.3) is 0 Å². The first kappa shape index (κ1) is 8.52. The van der Waals surface area contributed by atoms with Gasteiger partial charge in [0.2, 0.25) is 0 Å². The van der Waals surface area contributed by atoms with Crippen molar-refractivity contribution in [3.63, 3.8) is 0 Å². The smallest absolute Gasteiger partial charge is 0.165 e. The first-order valence-corrected chi connectivity index (χ1v) is 4.58. The van der Waals surface area contributed by atoms with Gasteiger partial charge >= 0.3 is 0 Å². The average molecular weight is 239 g/mol. The molecule has 2 N–H and O–H groups in total. The van der Waals surface area contributed by atoms with Gasteiger partial charge in [-0.25, -0.2) is 4.98 Å². The van der Waals surface area contributed by atoms with Crippen LogP contribution in [0.5, 0.6) is 0 Å². The van der Waals surface area contributed by atoms with Gasteiger partial charge in [-0.15, -0.1) is 10.2 Å². The standard InChI is InChI=1S/C8H7BrN4/c9-5-1-2-6-7(3-5)12-13-8(4-10)11-6/h1-3H,4,10H2. The van der Waals surface area contributed by atoms with Crippen LogP contribution in [0.4, 0.5) is 0 Å². The van der Waals surface area contributed by atoms with Gasteiger partial charge in [0.1, 0.15) is 5.52 Å². The number of halogens is 1. The van der Waals surface area contributed by atoms with Crippen LogP contribution in [0.15, 0.2) is 22.7 Å². The van der Waals surface area contributed by atoms with Gasteiger partial charge in [-0.2, -0.15) is 0 Å². The molecule has 0 aliphatic heterocycles. The van der Waals surface area contributed by atoms with Gasteiger partial charge in [-0.05, 0) is 18.2 Å². The molecule has 0 atom stereocenters. The molecule has 1 heterocycles. The molecule has 13 heavy (non-hydrogen) atoms. The molecule has 1 aromatic carbocycles. The van der Waals surface area contributed by atoms with E-state index in [0.717, 1.165) is 15.5 Å². The minimum absolute atomic E-state index is 0.318. The van der Waals surface area contributed by atoms with E-state index < -0.39 is 0 Å². The lowest BCUT2D eigenvalue weighted by Crippen LogP contribution is -2.04. The Morgan fingerprint density at radius 3 is 2.85 bits per heavy atom. The zero-order valence-electron chi connectivity index (χ0n) is 6.74. The van der Waals surface area contributed by atoms with Crippen LogP contribution in [0.3, 0.4) is 0 Å². The molecule has 0 aliphatic carbocycles. The summed E-state index contributed by atoms with van der Waals surface area (Å²) in [6, 6.07) is 5.67. The second kappa shape index (κ2) is 3.35. The Hall–Kier alpha value is -1.07. The first-order chi connectivity index (χ1) is 6.29. The molecule has 2 rings (SSSR count). The minimum atomic E-state index is 0.318. The molecule has 0 bridgehead atoms. The van der Waals surface area contributed by atoms with Gasteiger partial charge in [0.15, 0.2) is 5.82 Å². The summed E-state index contributed by atoms with van der Waals surface area (Å²) in [5.74, 6) is 0.565. The van der Waals surface area contributed by atoms with Crippen LogP contribution in [0.25, 0.3) is 11.0 Å². The number of aromatic nitrogens is 3. The lowest BCUT2D eigenvalue weighted by Gasteiger charge is -1.98. The quantitative estimate of drug-likeness (QED) is 0.813. The van der Waals surface area contributed by atoms with Gasteiger partial charge in [-0.1, -0.05) is 15.9 Å². The highest BCUT2D eigenvalue weighted by atomic mass is 79.9. The molecule has 0 saturated carbocycles. The van der Waals surface area contributed by atoms with Crippen LogP contribution in [-0.4, -0.2) is 15.2 Å². The van der Waals surface area contributed by atoms with Crippen molar-refractivity contribution in [2.75, 3.05) is 0 Å². The van der Waals surface area contributed by atoms with Gasteiger partial charge in [-0.3, -0.25) is 0 Å². The normalized spacial score (nSPS) is 10.6. The fraction of sp³-hybridized carbons (Fsp3) is 0.125. The Kier molecular flexibility index (Phi) is 2.20. The maximum atomic E-state index is 5.40. The van der Waals surface area contributed by atoms with E-state index in [2.05, 4.69) is 31.1 Å². The molecule has 0 spiro atoms. The van der Waals surface area contributed by atoms with Crippen molar-refractivity contribution in [3.8, 4) is 0 Å². The second-order valence-corrected chi connectivity index (χ2v) is 3.48. The van der Waals surface area contributed by atoms with Crippen LogP contribution < -0.4 is 5.73 Å². The van der Waals surface area contributed by atoms with Crippen LogP contribution in [-0.2, 0) is 6.54 Å².